The summed E-state index contributed by atoms with van der Waals surface area (Å²) in [7, 11) is 0. The number of carboxylic acid groups (broad SMARTS) is 1. The molecule has 2 N–H and O–H groups in total. The Morgan fingerprint density at radius 3 is 1.14 bits per heavy atom. The van der Waals surface area contributed by atoms with Crippen molar-refractivity contribution in [1.82, 2.24) is 43.6 Å². The van der Waals surface area contributed by atoms with Gasteiger partial charge in [-0.25, -0.2) is 19.6 Å². The summed E-state index contributed by atoms with van der Waals surface area (Å²) in [4.78, 5) is 92.9. The average Bonchev–Trinajstić information content (AvgIpc) is 0.796. The van der Waals surface area contributed by atoms with E-state index >= 15 is 0 Å². The number of aromatic amines is 1. The van der Waals surface area contributed by atoms with Crippen molar-refractivity contribution in [3.63, 3.8) is 0 Å². The maximum absolute atomic E-state index is 14.0. The number of benzene rings is 6. The molecule has 0 radical (unpaired) electrons. The van der Waals surface area contributed by atoms with Gasteiger partial charge in [-0.15, -0.1) is 0 Å². The number of alkyl halides is 9. The van der Waals surface area contributed by atoms with Crippen molar-refractivity contribution in [1.29, 1.82) is 0 Å². The van der Waals surface area contributed by atoms with Crippen molar-refractivity contribution in [3.05, 3.63) is 275 Å². The molecule has 0 unspecified atom stereocenters. The molecule has 31 heteroatoms. The predicted octanol–water partition coefficient (Wildman–Crippen LogP) is 14.4. The smallest absolute Gasteiger partial charge is 0.425 e. The predicted molar refractivity (Wildman–Crippen MR) is 364 cm³/mol. The zero-order valence-corrected chi connectivity index (χ0v) is 56.2. The Hall–Kier alpha value is -12.7. The summed E-state index contributed by atoms with van der Waals surface area (Å²) in [6.07, 6.45) is -7.42. The van der Waals surface area contributed by atoms with Crippen molar-refractivity contribution in [3.8, 4) is 46.4 Å². The van der Waals surface area contributed by atoms with Crippen LogP contribution >= 0.6 is 0 Å². The number of aliphatic carboxylic acids is 1. The van der Waals surface area contributed by atoms with E-state index in [1.807, 2.05) is 93.6 Å². The van der Waals surface area contributed by atoms with E-state index < -0.39 is 117 Å². The van der Waals surface area contributed by atoms with Crippen LogP contribution in [0.3, 0.4) is 0 Å². The Labute approximate surface area is 588 Å². The van der Waals surface area contributed by atoms with Gasteiger partial charge in [0.1, 0.15) is 34.3 Å². The lowest BCUT2D eigenvalue weighted by Crippen LogP contribution is -2.27. The van der Waals surface area contributed by atoms with E-state index in [4.69, 9.17) is 33.5 Å². The number of fused-ring (bicyclic) bond motifs is 3. The molecule has 0 atom stereocenters. The van der Waals surface area contributed by atoms with Crippen LogP contribution < -0.4 is 45.8 Å². The second-order valence-corrected chi connectivity index (χ2v) is 24.4. The number of carbonyl (C=O) groups excluding carboxylic acids is 1. The molecule has 0 aliphatic carbocycles. The van der Waals surface area contributed by atoms with E-state index in [-0.39, 0.29) is 33.4 Å². The molecule has 12 aromatic rings. The van der Waals surface area contributed by atoms with Gasteiger partial charge in [0.15, 0.2) is 35.3 Å². The SMILES string of the molecule is Cc1ccc(Cn2cnc(=O)c3cc(Oc4[nH]ccc(=O)c4C(F)(F)F)ccc32)cc1.Cc1ccc(Cn2cnc(=O)c3cc(Oc4nccc(OCC(=O)O)c4C(F)(F)F)ccc32)cc1.Cc1ccc(Cn2cnc(=O)c3cc(Oc4nccc(OCC(=O)OC(C)(C)C)c4C(F)(F)F)ccc32)cc1. The number of nitrogens with one attached hydrogen (secondary N) is 1. The molecule has 0 aliphatic heterocycles. The Kier molecular flexibility index (Phi) is 22.3. The zero-order chi connectivity index (χ0) is 75.7. The first kappa shape index (κ1) is 75.0. The number of ether oxygens (including phenoxy) is 6. The molecule has 12 rings (SSSR count). The molecule has 0 bridgehead atoms. The van der Waals surface area contributed by atoms with Crippen molar-refractivity contribution in [2.75, 3.05) is 13.2 Å². The van der Waals surface area contributed by atoms with Crippen LogP contribution in [-0.4, -0.2) is 79.5 Å². The normalized spacial score (nSPS) is 11.6. The van der Waals surface area contributed by atoms with E-state index in [1.165, 1.54) is 55.4 Å². The van der Waals surface area contributed by atoms with Gasteiger partial charge < -0.3 is 52.2 Å². The summed E-state index contributed by atoms with van der Waals surface area (Å²) in [6.45, 7) is 10.4. The number of carboxylic acids is 1. The summed E-state index contributed by atoms with van der Waals surface area (Å²) in [6, 6.07) is 39.0. The van der Waals surface area contributed by atoms with Crippen molar-refractivity contribution in [2.45, 2.75) is 85.3 Å². The van der Waals surface area contributed by atoms with E-state index in [0.717, 1.165) is 70.2 Å². The molecule has 0 saturated heterocycles. The number of hydrogen-bond acceptors (Lipinski definition) is 17. The van der Waals surface area contributed by atoms with Gasteiger partial charge in [0.05, 0.1) is 51.7 Å². The molecular weight excluding hydrogens is 1390 g/mol. The van der Waals surface area contributed by atoms with Gasteiger partial charge in [-0.2, -0.15) is 54.5 Å². The Balaban J connectivity index is 0.000000170. The van der Waals surface area contributed by atoms with Crippen LogP contribution in [0.2, 0.25) is 0 Å². The number of carbonyl (C=O) groups is 2. The number of aromatic nitrogens is 9. The second-order valence-electron chi connectivity index (χ2n) is 24.4. The van der Waals surface area contributed by atoms with Crippen molar-refractivity contribution in [2.24, 2.45) is 0 Å². The molecule has 0 saturated carbocycles. The van der Waals surface area contributed by atoms with Crippen LogP contribution in [-0.2, 0) is 52.5 Å². The van der Waals surface area contributed by atoms with Gasteiger partial charge in [0.2, 0.25) is 17.6 Å². The maximum atomic E-state index is 14.0. The number of H-pyrrole nitrogens is 1. The minimum atomic E-state index is -4.95. The van der Waals surface area contributed by atoms with Gasteiger partial charge in [0, 0.05) is 44.3 Å². The van der Waals surface area contributed by atoms with Crippen LogP contribution in [0, 0.1) is 20.8 Å². The fraction of sp³-hybridized carbons (Fsp3) is 0.203. The third-order valence-corrected chi connectivity index (χ3v) is 15.2. The average molecular weight is 1450 g/mol. The molecule has 6 aromatic heterocycles. The minimum absolute atomic E-state index is 0.0353. The Bertz CT molecular complexity index is 5450. The topological polar surface area (TPSA) is 273 Å². The van der Waals surface area contributed by atoms with Gasteiger partial charge in [-0.1, -0.05) is 89.5 Å². The molecule has 0 aliphatic rings. The molecule has 6 heterocycles. The first-order chi connectivity index (χ1) is 49.6. The summed E-state index contributed by atoms with van der Waals surface area (Å²) < 4.78 is 159. The summed E-state index contributed by atoms with van der Waals surface area (Å²) in [5.41, 5.74) is 0.00616. The quantitative estimate of drug-likeness (QED) is 0.0597. The lowest BCUT2D eigenvalue weighted by atomic mass is 10.1. The highest BCUT2D eigenvalue weighted by Gasteiger charge is 2.42. The number of halogens is 9. The lowest BCUT2D eigenvalue weighted by Gasteiger charge is -2.20. The summed E-state index contributed by atoms with van der Waals surface area (Å²) in [5.74, 6) is -6.24. The largest absolute Gasteiger partial charge is 0.481 e. The number of rotatable bonds is 18. The van der Waals surface area contributed by atoms with Gasteiger partial charge >= 0.3 is 30.5 Å². The van der Waals surface area contributed by atoms with Crippen LogP contribution in [0.15, 0.2) is 202 Å². The number of nitrogens with zero attached hydrogens (tertiary/aromatic N) is 8. The molecule has 22 nitrogen and oxygen atoms in total. The van der Waals surface area contributed by atoms with Crippen molar-refractivity contribution >= 4 is 44.6 Å². The Morgan fingerprint density at radius 1 is 0.448 bits per heavy atom. The monoisotopic (exact) mass is 1450 g/mol. The van der Waals surface area contributed by atoms with Crippen LogP contribution in [0.5, 0.6) is 46.4 Å². The standard InChI is InChI=1S/C28H26F3N3O5.C24H18F3N3O5.C22H16F3N3O3/c1-17-5-7-18(8-6-17)14-34-16-33-25(36)20-13-19(9-10-21(20)34)38-26-24(28(29,30)31)22(11-12-32-26)37-15-23(35)39-27(2,3)4;1-14-2-4-15(5-3-14)11-30-13-29-22(33)17-10-16(6-7-18(17)30)35-23-21(24(25,26)27)19(8-9-28-23)34-12-20(31)32;1-13-2-4-14(5-3-13)11-28-12-27-20(30)16-10-15(6-7-17(16)28)31-21-19(22(23,24)25)18(29)8-9-26-21/h5-13,16H,14-15H2,1-4H3;2-10,13H,11-12H2,1H3,(H,31,32);2-10,12H,11H2,1H3,(H,26,29). The van der Waals surface area contributed by atoms with E-state index in [0.29, 0.717) is 36.2 Å². The zero-order valence-electron chi connectivity index (χ0n) is 56.2. The van der Waals surface area contributed by atoms with Gasteiger partial charge in [-0.3, -0.25) is 19.2 Å². The molecule has 0 amide bonds. The number of esters is 1. The van der Waals surface area contributed by atoms with Gasteiger partial charge in [-0.05, 0) is 125 Å². The second kappa shape index (κ2) is 31.3. The lowest BCUT2D eigenvalue weighted by molar-refractivity contribution is -0.158. The number of hydrogen-bond donors (Lipinski definition) is 2. The van der Waals surface area contributed by atoms with Crippen LogP contribution in [0.25, 0.3) is 32.7 Å². The molecular formula is C74H60F9N9O13. The van der Waals surface area contributed by atoms with E-state index in [9.17, 15) is 68.3 Å². The molecule has 0 fully saturated rings. The van der Waals surface area contributed by atoms with E-state index in [1.54, 1.807) is 52.7 Å². The third kappa shape index (κ3) is 19.3. The summed E-state index contributed by atoms with van der Waals surface area (Å²) in [5, 5.41) is 9.22. The number of aryl methyl sites for hydroxylation is 3. The van der Waals surface area contributed by atoms with Gasteiger partial charge in [0.25, 0.3) is 16.7 Å². The molecule has 105 heavy (non-hydrogen) atoms. The summed E-state index contributed by atoms with van der Waals surface area (Å²) >= 11 is 0. The number of pyridine rings is 3. The van der Waals surface area contributed by atoms with E-state index in [2.05, 4.69) is 29.9 Å². The van der Waals surface area contributed by atoms with Crippen LogP contribution in [0.1, 0.15) is 70.8 Å². The minimum Gasteiger partial charge on any atom is -0.481 e. The Morgan fingerprint density at radius 2 is 0.800 bits per heavy atom. The highest BCUT2D eigenvalue weighted by Crippen LogP contribution is 2.45. The van der Waals surface area contributed by atoms with Crippen LogP contribution in [0.4, 0.5) is 39.5 Å². The highest BCUT2D eigenvalue weighted by molar-refractivity contribution is 5.82. The molecule has 0 spiro atoms. The fourth-order valence-electron chi connectivity index (χ4n) is 10.4. The first-order valence-corrected chi connectivity index (χ1v) is 31.4. The fourth-order valence-corrected chi connectivity index (χ4v) is 10.4. The third-order valence-electron chi connectivity index (χ3n) is 15.2. The van der Waals surface area contributed by atoms with Crippen molar-refractivity contribution < 1.29 is 82.6 Å². The highest BCUT2D eigenvalue weighted by atomic mass is 19.4. The molecule has 542 valence electrons. The first-order valence-electron chi connectivity index (χ1n) is 31.4. The maximum Gasteiger partial charge on any atom is 0.425 e. The molecule has 6 aromatic carbocycles.